The summed E-state index contributed by atoms with van der Waals surface area (Å²) >= 11 is 5.96. The van der Waals surface area contributed by atoms with Crippen LogP contribution in [-0.2, 0) is 0 Å². The van der Waals surface area contributed by atoms with E-state index >= 15 is 0 Å². The van der Waals surface area contributed by atoms with Crippen molar-refractivity contribution in [1.29, 1.82) is 0 Å². The lowest BCUT2D eigenvalue weighted by molar-refractivity contribution is 0.102. The Morgan fingerprint density at radius 1 is 1.19 bits per heavy atom. The van der Waals surface area contributed by atoms with Crippen molar-refractivity contribution in [3.8, 4) is 11.4 Å². The zero-order chi connectivity index (χ0) is 18.8. The number of amides is 1. The van der Waals surface area contributed by atoms with Crippen LogP contribution in [0.1, 0.15) is 21.7 Å². The smallest absolute Gasteiger partial charge is 0.255 e. The molecule has 0 saturated heterocycles. The van der Waals surface area contributed by atoms with Gasteiger partial charge >= 0.3 is 0 Å². The molecule has 5 nitrogen and oxygen atoms in total. The molecule has 0 aliphatic heterocycles. The van der Waals surface area contributed by atoms with Gasteiger partial charge in [0.25, 0.3) is 5.91 Å². The average Bonchev–Trinajstić information content (AvgIpc) is 2.93. The quantitative estimate of drug-likeness (QED) is 0.730. The highest BCUT2D eigenvalue weighted by Gasteiger charge is 2.15. The SMILES string of the molecule is COc1ccc(Cl)cc1NC(=O)c1ccc(-n2nc(C)cc2C)c(F)c1. The molecule has 0 saturated carbocycles. The molecule has 1 heterocycles. The normalized spacial score (nSPS) is 10.7. The van der Waals surface area contributed by atoms with E-state index in [1.807, 2.05) is 19.9 Å². The second kappa shape index (κ2) is 7.17. The van der Waals surface area contributed by atoms with Gasteiger partial charge in [-0.2, -0.15) is 5.10 Å². The predicted molar refractivity (Wildman–Crippen MR) is 99.0 cm³/mol. The van der Waals surface area contributed by atoms with Crippen molar-refractivity contribution in [2.45, 2.75) is 13.8 Å². The van der Waals surface area contributed by atoms with E-state index in [0.29, 0.717) is 16.5 Å². The highest BCUT2D eigenvalue weighted by molar-refractivity contribution is 6.31. The number of carbonyl (C=O) groups is 1. The second-order valence-corrected chi connectivity index (χ2v) is 6.24. The van der Waals surface area contributed by atoms with Crippen molar-refractivity contribution in [1.82, 2.24) is 9.78 Å². The average molecular weight is 374 g/mol. The molecular weight excluding hydrogens is 357 g/mol. The third kappa shape index (κ3) is 3.55. The van der Waals surface area contributed by atoms with Crippen LogP contribution >= 0.6 is 11.6 Å². The maximum absolute atomic E-state index is 14.5. The number of rotatable bonds is 4. The van der Waals surface area contributed by atoms with Gasteiger partial charge in [-0.25, -0.2) is 9.07 Å². The van der Waals surface area contributed by atoms with Gasteiger partial charge in [-0.05, 0) is 56.3 Å². The van der Waals surface area contributed by atoms with Gasteiger partial charge in [0.2, 0.25) is 0 Å². The molecule has 2 aromatic carbocycles. The van der Waals surface area contributed by atoms with E-state index in [9.17, 15) is 9.18 Å². The molecule has 0 bridgehead atoms. The fourth-order valence-electron chi connectivity index (χ4n) is 2.67. The van der Waals surface area contributed by atoms with Crippen LogP contribution in [0.25, 0.3) is 5.69 Å². The fourth-order valence-corrected chi connectivity index (χ4v) is 2.84. The Labute approximate surface area is 155 Å². The number of nitrogens with one attached hydrogen (secondary N) is 1. The van der Waals surface area contributed by atoms with Gasteiger partial charge in [0.15, 0.2) is 0 Å². The fraction of sp³-hybridized carbons (Fsp3) is 0.158. The topological polar surface area (TPSA) is 56.1 Å². The molecule has 0 fully saturated rings. The van der Waals surface area contributed by atoms with Crippen LogP contribution in [0.5, 0.6) is 5.75 Å². The molecule has 1 N–H and O–H groups in total. The molecule has 26 heavy (non-hydrogen) atoms. The molecule has 0 spiro atoms. The summed E-state index contributed by atoms with van der Waals surface area (Å²) in [5, 5.41) is 7.39. The summed E-state index contributed by atoms with van der Waals surface area (Å²) in [5.41, 5.74) is 2.47. The Balaban J connectivity index is 1.89. The van der Waals surface area contributed by atoms with Crippen LogP contribution in [0.2, 0.25) is 5.02 Å². The van der Waals surface area contributed by atoms with Gasteiger partial charge in [-0.3, -0.25) is 4.79 Å². The van der Waals surface area contributed by atoms with E-state index in [1.165, 1.54) is 23.9 Å². The third-order valence-corrected chi connectivity index (χ3v) is 4.09. The number of hydrogen-bond donors (Lipinski definition) is 1. The molecule has 1 aromatic heterocycles. The number of carbonyl (C=O) groups excluding carboxylic acids is 1. The summed E-state index contributed by atoms with van der Waals surface area (Å²) in [6, 6.07) is 11.0. The van der Waals surface area contributed by atoms with Crippen molar-refractivity contribution in [2.24, 2.45) is 0 Å². The minimum Gasteiger partial charge on any atom is -0.495 e. The third-order valence-electron chi connectivity index (χ3n) is 3.86. The largest absolute Gasteiger partial charge is 0.495 e. The van der Waals surface area contributed by atoms with Crippen molar-refractivity contribution in [3.05, 3.63) is 70.3 Å². The van der Waals surface area contributed by atoms with Crippen molar-refractivity contribution >= 4 is 23.2 Å². The van der Waals surface area contributed by atoms with Crippen molar-refractivity contribution in [3.63, 3.8) is 0 Å². The maximum Gasteiger partial charge on any atom is 0.255 e. The van der Waals surface area contributed by atoms with Crippen LogP contribution in [0.3, 0.4) is 0 Å². The zero-order valence-corrected chi connectivity index (χ0v) is 15.3. The molecule has 0 atom stereocenters. The number of benzene rings is 2. The van der Waals surface area contributed by atoms with Gasteiger partial charge < -0.3 is 10.1 Å². The number of methoxy groups -OCH3 is 1. The second-order valence-electron chi connectivity index (χ2n) is 5.80. The van der Waals surface area contributed by atoms with Crippen LogP contribution < -0.4 is 10.1 Å². The monoisotopic (exact) mass is 373 g/mol. The van der Waals surface area contributed by atoms with E-state index in [4.69, 9.17) is 16.3 Å². The molecular formula is C19H17ClFN3O2. The van der Waals surface area contributed by atoms with E-state index in [0.717, 1.165) is 11.4 Å². The molecule has 3 aromatic rings. The Morgan fingerprint density at radius 3 is 2.58 bits per heavy atom. The number of ether oxygens (including phenoxy) is 1. The number of halogens is 2. The molecule has 1 amide bonds. The minimum absolute atomic E-state index is 0.176. The van der Waals surface area contributed by atoms with Gasteiger partial charge in [-0.15, -0.1) is 0 Å². The van der Waals surface area contributed by atoms with E-state index in [2.05, 4.69) is 10.4 Å². The van der Waals surface area contributed by atoms with Gasteiger partial charge in [0, 0.05) is 16.3 Å². The van der Waals surface area contributed by atoms with Crippen LogP contribution in [0.15, 0.2) is 42.5 Å². The van der Waals surface area contributed by atoms with Gasteiger partial charge in [0.05, 0.1) is 18.5 Å². The van der Waals surface area contributed by atoms with E-state index < -0.39 is 11.7 Å². The zero-order valence-electron chi connectivity index (χ0n) is 14.5. The summed E-state index contributed by atoms with van der Waals surface area (Å²) in [6.45, 7) is 3.67. The Morgan fingerprint density at radius 2 is 1.96 bits per heavy atom. The lowest BCUT2D eigenvalue weighted by Gasteiger charge is -2.11. The first-order chi connectivity index (χ1) is 12.4. The molecule has 0 unspecified atom stereocenters. The van der Waals surface area contributed by atoms with Gasteiger partial charge in [0.1, 0.15) is 17.3 Å². The van der Waals surface area contributed by atoms with E-state index in [1.54, 1.807) is 24.3 Å². The van der Waals surface area contributed by atoms with E-state index in [-0.39, 0.29) is 11.3 Å². The summed E-state index contributed by atoms with van der Waals surface area (Å²) < 4.78 is 21.2. The molecule has 7 heteroatoms. The molecule has 3 rings (SSSR count). The maximum atomic E-state index is 14.5. The summed E-state index contributed by atoms with van der Waals surface area (Å²) in [7, 11) is 1.49. The Bertz CT molecular complexity index is 985. The molecule has 0 aliphatic rings. The minimum atomic E-state index is -0.540. The number of aromatic nitrogens is 2. The Kier molecular flexibility index (Phi) is 4.95. The lowest BCUT2D eigenvalue weighted by Crippen LogP contribution is -2.13. The first kappa shape index (κ1) is 17.9. The number of nitrogens with zero attached hydrogens (tertiary/aromatic N) is 2. The number of aryl methyl sites for hydroxylation is 2. The first-order valence-corrected chi connectivity index (χ1v) is 8.25. The Hall–Kier alpha value is -2.86. The lowest BCUT2D eigenvalue weighted by atomic mass is 10.1. The summed E-state index contributed by atoms with van der Waals surface area (Å²) in [6.07, 6.45) is 0. The van der Waals surface area contributed by atoms with Crippen LogP contribution in [-0.4, -0.2) is 22.8 Å². The number of hydrogen-bond acceptors (Lipinski definition) is 3. The predicted octanol–water partition coefficient (Wildman–Crippen LogP) is 4.54. The highest BCUT2D eigenvalue weighted by Crippen LogP contribution is 2.28. The summed E-state index contributed by atoms with van der Waals surface area (Å²) in [5.74, 6) is -0.547. The first-order valence-electron chi connectivity index (χ1n) is 7.87. The van der Waals surface area contributed by atoms with Crippen molar-refractivity contribution < 1.29 is 13.9 Å². The molecule has 0 radical (unpaired) electrons. The molecule has 0 aliphatic carbocycles. The highest BCUT2D eigenvalue weighted by atomic mass is 35.5. The van der Waals surface area contributed by atoms with Gasteiger partial charge in [-0.1, -0.05) is 11.6 Å². The molecule has 134 valence electrons. The standard InChI is InChI=1S/C19H17ClFN3O2/c1-11-8-12(2)24(23-11)17-6-4-13(9-15(17)21)19(25)22-16-10-14(20)5-7-18(16)26-3/h4-10H,1-3H3,(H,22,25). The van der Waals surface area contributed by atoms with Crippen molar-refractivity contribution in [2.75, 3.05) is 12.4 Å². The number of anilines is 1. The van der Waals surface area contributed by atoms with Crippen LogP contribution in [0.4, 0.5) is 10.1 Å². The summed E-state index contributed by atoms with van der Waals surface area (Å²) in [4.78, 5) is 12.5. The van der Waals surface area contributed by atoms with Crippen LogP contribution in [0, 0.1) is 19.7 Å².